The largest absolute Gasteiger partial charge is 0.345 e. The lowest BCUT2D eigenvalue weighted by atomic mass is 9.74. The average Bonchev–Trinajstić information content (AvgIpc) is 2.80. The fourth-order valence-electron chi connectivity index (χ4n) is 3.14. The Kier molecular flexibility index (Phi) is 3.32. The second kappa shape index (κ2) is 5.02. The standard InChI is InChI=1S/C17H21N3O/c1-17(2)9-14(13-11-18-20(3)15(13)10-17)19-16(21)12-7-5-4-6-8-12/h4-8,11,14H,9-10H2,1-3H3,(H,19,21). The lowest BCUT2D eigenvalue weighted by Crippen LogP contribution is -2.36. The second-order valence-corrected chi connectivity index (χ2v) is 6.61. The van der Waals surface area contributed by atoms with Gasteiger partial charge in [-0.25, -0.2) is 0 Å². The van der Waals surface area contributed by atoms with E-state index in [1.54, 1.807) is 0 Å². The van der Waals surface area contributed by atoms with E-state index in [-0.39, 0.29) is 17.4 Å². The highest BCUT2D eigenvalue weighted by Gasteiger charge is 2.35. The molecule has 1 amide bonds. The number of carbonyl (C=O) groups excluding carboxylic acids is 1. The van der Waals surface area contributed by atoms with Crippen LogP contribution in [0.3, 0.4) is 0 Å². The monoisotopic (exact) mass is 283 g/mol. The molecule has 0 saturated carbocycles. The molecule has 0 fully saturated rings. The Morgan fingerprint density at radius 1 is 1.33 bits per heavy atom. The maximum Gasteiger partial charge on any atom is 0.251 e. The van der Waals surface area contributed by atoms with Crippen LogP contribution in [0.15, 0.2) is 36.5 Å². The van der Waals surface area contributed by atoms with Crippen LogP contribution in [0.1, 0.15) is 47.9 Å². The summed E-state index contributed by atoms with van der Waals surface area (Å²) in [5.74, 6) is -0.0203. The van der Waals surface area contributed by atoms with Crippen molar-refractivity contribution < 1.29 is 4.79 Å². The van der Waals surface area contributed by atoms with Crippen molar-refractivity contribution in [3.63, 3.8) is 0 Å². The Hall–Kier alpha value is -2.10. The number of benzene rings is 1. The first-order chi connectivity index (χ1) is 9.96. The minimum Gasteiger partial charge on any atom is -0.345 e. The lowest BCUT2D eigenvalue weighted by Gasteiger charge is -2.35. The van der Waals surface area contributed by atoms with Crippen LogP contribution in [0.4, 0.5) is 0 Å². The molecule has 21 heavy (non-hydrogen) atoms. The number of aryl methyl sites for hydroxylation is 1. The molecule has 1 aliphatic carbocycles. The van der Waals surface area contributed by atoms with E-state index in [9.17, 15) is 4.79 Å². The van der Waals surface area contributed by atoms with Gasteiger partial charge in [0.25, 0.3) is 5.91 Å². The summed E-state index contributed by atoms with van der Waals surface area (Å²) in [6, 6.07) is 9.40. The number of carbonyl (C=O) groups is 1. The Balaban J connectivity index is 1.87. The van der Waals surface area contributed by atoms with Gasteiger partial charge in [-0.15, -0.1) is 0 Å². The number of hydrogen-bond acceptors (Lipinski definition) is 2. The van der Waals surface area contributed by atoms with Crippen LogP contribution in [-0.4, -0.2) is 15.7 Å². The Labute approximate surface area is 125 Å². The third kappa shape index (κ3) is 2.71. The summed E-state index contributed by atoms with van der Waals surface area (Å²) < 4.78 is 1.93. The van der Waals surface area contributed by atoms with Crippen LogP contribution in [-0.2, 0) is 13.5 Å². The van der Waals surface area contributed by atoms with Gasteiger partial charge >= 0.3 is 0 Å². The summed E-state index contributed by atoms with van der Waals surface area (Å²) in [4.78, 5) is 12.4. The molecule has 0 spiro atoms. The topological polar surface area (TPSA) is 46.9 Å². The molecule has 4 nitrogen and oxygen atoms in total. The smallest absolute Gasteiger partial charge is 0.251 e. The second-order valence-electron chi connectivity index (χ2n) is 6.61. The molecule has 1 aromatic heterocycles. The average molecular weight is 283 g/mol. The van der Waals surface area contributed by atoms with E-state index in [0.29, 0.717) is 5.56 Å². The number of nitrogens with one attached hydrogen (secondary N) is 1. The van der Waals surface area contributed by atoms with Crippen molar-refractivity contribution in [3.8, 4) is 0 Å². The van der Waals surface area contributed by atoms with Crippen LogP contribution in [0.25, 0.3) is 0 Å². The minimum absolute atomic E-state index is 0.0203. The molecule has 3 rings (SSSR count). The first kappa shape index (κ1) is 13.9. The highest BCUT2D eigenvalue weighted by Crippen LogP contribution is 2.40. The summed E-state index contributed by atoms with van der Waals surface area (Å²) in [5.41, 5.74) is 3.24. The Bertz CT molecular complexity index is 658. The molecule has 0 bridgehead atoms. The van der Waals surface area contributed by atoms with Gasteiger partial charge in [-0.1, -0.05) is 32.0 Å². The number of aromatic nitrogens is 2. The van der Waals surface area contributed by atoms with Crippen LogP contribution in [0.5, 0.6) is 0 Å². The predicted octanol–water partition coefficient (Wildman–Crippen LogP) is 2.86. The summed E-state index contributed by atoms with van der Waals surface area (Å²) in [7, 11) is 1.97. The van der Waals surface area contributed by atoms with Crippen molar-refractivity contribution in [2.75, 3.05) is 0 Å². The van der Waals surface area contributed by atoms with Crippen molar-refractivity contribution in [2.45, 2.75) is 32.7 Å². The molecule has 110 valence electrons. The normalized spacial score (nSPS) is 19.9. The molecule has 1 aliphatic rings. The third-order valence-electron chi connectivity index (χ3n) is 4.21. The summed E-state index contributed by atoms with van der Waals surface area (Å²) in [6.07, 6.45) is 3.82. The first-order valence-electron chi connectivity index (χ1n) is 7.33. The van der Waals surface area contributed by atoms with Gasteiger partial charge < -0.3 is 5.32 Å². The molecule has 1 N–H and O–H groups in total. The third-order valence-corrected chi connectivity index (χ3v) is 4.21. The van der Waals surface area contributed by atoms with Crippen molar-refractivity contribution in [2.24, 2.45) is 12.5 Å². The molecule has 1 aromatic carbocycles. The van der Waals surface area contributed by atoms with E-state index in [0.717, 1.165) is 18.4 Å². The van der Waals surface area contributed by atoms with Gasteiger partial charge in [-0.05, 0) is 30.4 Å². The first-order valence-corrected chi connectivity index (χ1v) is 7.33. The summed E-state index contributed by atoms with van der Waals surface area (Å²) >= 11 is 0. The molecule has 4 heteroatoms. The molecule has 1 unspecified atom stereocenters. The van der Waals surface area contributed by atoms with Gasteiger partial charge in [-0.3, -0.25) is 9.48 Å². The molecule has 1 atom stereocenters. The highest BCUT2D eigenvalue weighted by molar-refractivity contribution is 5.94. The van der Waals surface area contributed by atoms with Crippen molar-refractivity contribution in [3.05, 3.63) is 53.3 Å². The number of nitrogens with zero attached hydrogens (tertiary/aromatic N) is 2. The van der Waals surface area contributed by atoms with Crippen molar-refractivity contribution in [1.82, 2.24) is 15.1 Å². The maximum atomic E-state index is 12.4. The molecular formula is C17H21N3O. The quantitative estimate of drug-likeness (QED) is 0.921. The molecule has 0 radical (unpaired) electrons. The van der Waals surface area contributed by atoms with Gasteiger partial charge in [0.1, 0.15) is 0 Å². The number of fused-ring (bicyclic) bond motifs is 1. The summed E-state index contributed by atoms with van der Waals surface area (Å²) in [6.45, 7) is 4.48. The molecular weight excluding hydrogens is 262 g/mol. The number of amides is 1. The Morgan fingerprint density at radius 3 is 2.76 bits per heavy atom. The van der Waals surface area contributed by atoms with Gasteiger partial charge in [-0.2, -0.15) is 5.10 Å². The van der Waals surface area contributed by atoms with Gasteiger partial charge in [0.05, 0.1) is 12.2 Å². The zero-order valence-electron chi connectivity index (χ0n) is 12.8. The highest BCUT2D eigenvalue weighted by atomic mass is 16.1. The van der Waals surface area contributed by atoms with Crippen LogP contribution >= 0.6 is 0 Å². The van der Waals surface area contributed by atoms with Gasteiger partial charge in [0.2, 0.25) is 0 Å². The van der Waals surface area contributed by atoms with Crippen LogP contribution in [0, 0.1) is 5.41 Å². The van der Waals surface area contributed by atoms with Gasteiger partial charge in [0, 0.05) is 23.9 Å². The van der Waals surface area contributed by atoms with Crippen LogP contribution < -0.4 is 5.32 Å². The fraction of sp³-hybridized carbons (Fsp3) is 0.412. The van der Waals surface area contributed by atoms with E-state index >= 15 is 0 Å². The molecule has 0 saturated heterocycles. The maximum absolute atomic E-state index is 12.4. The lowest BCUT2D eigenvalue weighted by molar-refractivity contribution is 0.0919. The van der Waals surface area contributed by atoms with E-state index in [1.165, 1.54) is 5.69 Å². The van der Waals surface area contributed by atoms with E-state index in [2.05, 4.69) is 24.3 Å². The van der Waals surface area contributed by atoms with Gasteiger partial charge in [0.15, 0.2) is 0 Å². The Morgan fingerprint density at radius 2 is 2.05 bits per heavy atom. The molecule has 2 aromatic rings. The van der Waals surface area contributed by atoms with E-state index in [4.69, 9.17) is 0 Å². The zero-order chi connectivity index (χ0) is 15.0. The fourth-order valence-corrected chi connectivity index (χ4v) is 3.14. The minimum atomic E-state index is -0.0203. The SMILES string of the molecule is Cn1ncc2c1CC(C)(C)CC2NC(=O)c1ccccc1. The van der Waals surface area contributed by atoms with E-state index < -0.39 is 0 Å². The molecule has 1 heterocycles. The number of hydrogen-bond donors (Lipinski definition) is 1. The predicted molar refractivity (Wildman–Crippen MR) is 82.0 cm³/mol. The van der Waals surface area contributed by atoms with Crippen molar-refractivity contribution >= 4 is 5.91 Å². The molecule has 0 aliphatic heterocycles. The zero-order valence-corrected chi connectivity index (χ0v) is 12.8. The van der Waals surface area contributed by atoms with Crippen molar-refractivity contribution in [1.29, 1.82) is 0 Å². The summed E-state index contributed by atoms with van der Waals surface area (Å²) in [5, 5.41) is 7.53. The van der Waals surface area contributed by atoms with E-state index in [1.807, 2.05) is 48.3 Å². The van der Waals surface area contributed by atoms with Crippen LogP contribution in [0.2, 0.25) is 0 Å². The number of rotatable bonds is 2.